The number of thiazole rings is 1. The lowest BCUT2D eigenvalue weighted by Gasteiger charge is -2.17. The number of imidazole rings is 1. The molecule has 30 heavy (non-hydrogen) atoms. The number of nitrogens with zero attached hydrogens (tertiary/aromatic N) is 3. The van der Waals surface area contributed by atoms with E-state index in [0.29, 0.717) is 12.2 Å². The van der Waals surface area contributed by atoms with E-state index in [2.05, 4.69) is 26.2 Å². The van der Waals surface area contributed by atoms with Gasteiger partial charge in [-0.3, -0.25) is 14.0 Å². The maximum atomic E-state index is 12.8. The van der Waals surface area contributed by atoms with E-state index in [9.17, 15) is 9.59 Å². The standard InChI is InChI=1S/C22H17BrN4O2S/c23-16-4-2-6-18(11-16)27-12-15(10-20(27)28)21(29)24-17-5-1-3-14(9-17)19-13-26-7-8-30-22(26)25-19/h1-9,11,13,15H,10,12H2,(H,24,29). The minimum Gasteiger partial charge on any atom is -0.326 e. The van der Waals surface area contributed by atoms with Crippen LogP contribution in [0.2, 0.25) is 0 Å². The number of halogens is 1. The third kappa shape index (κ3) is 3.64. The van der Waals surface area contributed by atoms with Gasteiger partial charge in [0.05, 0.1) is 11.6 Å². The lowest BCUT2D eigenvalue weighted by atomic mass is 10.1. The Hall–Kier alpha value is -2.97. The molecule has 0 bridgehead atoms. The number of hydrogen-bond acceptors (Lipinski definition) is 4. The summed E-state index contributed by atoms with van der Waals surface area (Å²) in [5.74, 6) is -0.581. The summed E-state index contributed by atoms with van der Waals surface area (Å²) >= 11 is 5.01. The van der Waals surface area contributed by atoms with Crippen LogP contribution in [0, 0.1) is 5.92 Å². The van der Waals surface area contributed by atoms with Gasteiger partial charge in [-0.1, -0.05) is 34.1 Å². The Morgan fingerprint density at radius 2 is 2.07 bits per heavy atom. The molecule has 6 nitrogen and oxygen atoms in total. The summed E-state index contributed by atoms with van der Waals surface area (Å²) in [6.45, 7) is 0.373. The summed E-state index contributed by atoms with van der Waals surface area (Å²) in [5.41, 5.74) is 3.28. The normalized spacial score (nSPS) is 16.4. The van der Waals surface area contributed by atoms with Gasteiger partial charge in [0, 0.05) is 52.2 Å². The van der Waals surface area contributed by atoms with Crippen molar-refractivity contribution in [3.05, 3.63) is 70.8 Å². The van der Waals surface area contributed by atoms with Gasteiger partial charge in [0.2, 0.25) is 11.8 Å². The first-order valence-electron chi connectivity index (χ1n) is 9.46. The molecule has 4 aromatic rings. The number of anilines is 2. The molecule has 2 aromatic heterocycles. The van der Waals surface area contributed by atoms with Crippen molar-refractivity contribution < 1.29 is 9.59 Å². The summed E-state index contributed by atoms with van der Waals surface area (Å²) in [6, 6.07) is 15.2. The molecule has 1 unspecified atom stereocenters. The third-order valence-corrected chi connectivity index (χ3v) is 6.40. The molecule has 5 rings (SSSR count). The van der Waals surface area contributed by atoms with E-state index in [-0.39, 0.29) is 18.2 Å². The van der Waals surface area contributed by atoms with E-state index in [1.807, 2.05) is 70.7 Å². The number of amides is 2. The second kappa shape index (κ2) is 7.70. The number of rotatable bonds is 4. The first-order valence-corrected chi connectivity index (χ1v) is 11.1. The summed E-state index contributed by atoms with van der Waals surface area (Å²) in [5, 5.41) is 4.96. The van der Waals surface area contributed by atoms with Gasteiger partial charge in [0.25, 0.3) is 0 Å². The molecule has 1 atom stereocenters. The van der Waals surface area contributed by atoms with E-state index in [1.165, 1.54) is 0 Å². The quantitative estimate of drug-likeness (QED) is 0.455. The number of carbonyl (C=O) groups excluding carboxylic acids is 2. The minimum absolute atomic E-state index is 0.0416. The molecule has 3 heterocycles. The summed E-state index contributed by atoms with van der Waals surface area (Å²) < 4.78 is 2.88. The summed E-state index contributed by atoms with van der Waals surface area (Å²) in [4.78, 5) is 32.5. The molecule has 2 aromatic carbocycles. The van der Waals surface area contributed by atoms with Crippen molar-refractivity contribution in [2.75, 3.05) is 16.8 Å². The van der Waals surface area contributed by atoms with Crippen LogP contribution in [0.3, 0.4) is 0 Å². The third-order valence-electron chi connectivity index (χ3n) is 5.13. The Morgan fingerprint density at radius 3 is 2.90 bits per heavy atom. The molecule has 0 aliphatic carbocycles. The maximum absolute atomic E-state index is 12.8. The first kappa shape index (κ1) is 19.0. The van der Waals surface area contributed by atoms with Crippen molar-refractivity contribution in [2.24, 2.45) is 5.92 Å². The van der Waals surface area contributed by atoms with Crippen molar-refractivity contribution in [3.8, 4) is 11.3 Å². The molecule has 0 radical (unpaired) electrons. The minimum atomic E-state index is -0.391. The number of benzene rings is 2. The highest BCUT2D eigenvalue weighted by molar-refractivity contribution is 9.10. The zero-order chi connectivity index (χ0) is 20.7. The molecule has 150 valence electrons. The van der Waals surface area contributed by atoms with Gasteiger partial charge in [-0.05, 0) is 30.3 Å². The number of carbonyl (C=O) groups is 2. The SMILES string of the molecule is O=C(Nc1cccc(-c2cn3ccsc3n2)c1)C1CC(=O)N(c2cccc(Br)c2)C1. The van der Waals surface area contributed by atoms with E-state index < -0.39 is 5.92 Å². The number of fused-ring (bicyclic) bond motifs is 1. The van der Waals surface area contributed by atoms with Gasteiger partial charge in [0.15, 0.2) is 4.96 Å². The fraction of sp³-hybridized carbons (Fsp3) is 0.136. The predicted molar refractivity (Wildman–Crippen MR) is 122 cm³/mol. The zero-order valence-corrected chi connectivity index (χ0v) is 18.2. The fourth-order valence-corrected chi connectivity index (χ4v) is 4.73. The highest BCUT2D eigenvalue weighted by atomic mass is 79.9. The van der Waals surface area contributed by atoms with Gasteiger partial charge in [-0.15, -0.1) is 11.3 Å². The lowest BCUT2D eigenvalue weighted by molar-refractivity contribution is -0.122. The largest absolute Gasteiger partial charge is 0.326 e. The average Bonchev–Trinajstić information content (AvgIpc) is 3.43. The van der Waals surface area contributed by atoms with E-state index in [1.54, 1.807) is 16.2 Å². The molecular weight excluding hydrogens is 464 g/mol. The molecule has 1 saturated heterocycles. The topological polar surface area (TPSA) is 66.7 Å². The maximum Gasteiger partial charge on any atom is 0.229 e. The summed E-state index contributed by atoms with van der Waals surface area (Å²) in [6.07, 6.45) is 4.14. The van der Waals surface area contributed by atoms with Gasteiger partial charge < -0.3 is 10.2 Å². The van der Waals surface area contributed by atoms with Crippen molar-refractivity contribution in [3.63, 3.8) is 0 Å². The Morgan fingerprint density at radius 1 is 1.20 bits per heavy atom. The molecule has 1 aliphatic heterocycles. The lowest BCUT2D eigenvalue weighted by Crippen LogP contribution is -2.28. The predicted octanol–water partition coefficient (Wildman–Crippen LogP) is 4.82. The van der Waals surface area contributed by atoms with Crippen LogP contribution in [0.5, 0.6) is 0 Å². The van der Waals surface area contributed by atoms with Gasteiger partial charge in [0.1, 0.15) is 0 Å². The van der Waals surface area contributed by atoms with Crippen LogP contribution in [-0.4, -0.2) is 27.7 Å². The number of nitrogens with one attached hydrogen (secondary N) is 1. The van der Waals surface area contributed by atoms with Gasteiger partial charge in [-0.25, -0.2) is 4.98 Å². The molecule has 0 spiro atoms. The van der Waals surface area contributed by atoms with E-state index in [4.69, 9.17) is 0 Å². The smallest absolute Gasteiger partial charge is 0.229 e. The Kier molecular flexibility index (Phi) is 4.88. The van der Waals surface area contributed by atoms with E-state index >= 15 is 0 Å². The van der Waals surface area contributed by atoms with Crippen molar-refractivity contribution >= 4 is 55.4 Å². The van der Waals surface area contributed by atoms with Crippen molar-refractivity contribution in [1.82, 2.24) is 9.38 Å². The molecule has 2 amide bonds. The van der Waals surface area contributed by atoms with E-state index in [0.717, 1.165) is 26.4 Å². The highest BCUT2D eigenvalue weighted by Gasteiger charge is 2.35. The van der Waals surface area contributed by atoms with Crippen LogP contribution in [0.4, 0.5) is 11.4 Å². The van der Waals surface area contributed by atoms with Gasteiger partial charge >= 0.3 is 0 Å². The van der Waals surface area contributed by atoms with Crippen molar-refractivity contribution in [2.45, 2.75) is 6.42 Å². The Bertz CT molecular complexity index is 1240. The zero-order valence-electron chi connectivity index (χ0n) is 15.8. The highest BCUT2D eigenvalue weighted by Crippen LogP contribution is 2.29. The molecule has 8 heteroatoms. The molecular formula is C22H17BrN4O2S. The molecule has 1 aliphatic rings. The number of aromatic nitrogens is 2. The van der Waals surface area contributed by atoms with Crippen LogP contribution in [0.25, 0.3) is 16.2 Å². The van der Waals surface area contributed by atoms with Crippen LogP contribution < -0.4 is 10.2 Å². The van der Waals surface area contributed by atoms with Crippen LogP contribution in [0.1, 0.15) is 6.42 Å². The second-order valence-electron chi connectivity index (χ2n) is 7.17. The van der Waals surface area contributed by atoms with Crippen LogP contribution in [0.15, 0.2) is 70.8 Å². The number of hydrogen-bond donors (Lipinski definition) is 1. The summed E-state index contributed by atoms with van der Waals surface area (Å²) in [7, 11) is 0. The van der Waals surface area contributed by atoms with Crippen LogP contribution >= 0.6 is 27.3 Å². The average molecular weight is 481 g/mol. The fourth-order valence-electron chi connectivity index (χ4n) is 3.64. The van der Waals surface area contributed by atoms with Gasteiger partial charge in [-0.2, -0.15) is 0 Å². The second-order valence-corrected chi connectivity index (χ2v) is 8.96. The molecule has 1 fully saturated rings. The first-order chi connectivity index (χ1) is 14.6. The Balaban J connectivity index is 1.31. The molecule has 0 saturated carbocycles. The molecule has 1 N–H and O–H groups in total. The van der Waals surface area contributed by atoms with Crippen LogP contribution in [-0.2, 0) is 9.59 Å². The monoisotopic (exact) mass is 480 g/mol. The van der Waals surface area contributed by atoms with Crippen molar-refractivity contribution in [1.29, 1.82) is 0 Å². The Labute approximate surface area is 185 Å².